The van der Waals surface area contributed by atoms with Gasteiger partial charge in [0.25, 0.3) is 0 Å². The van der Waals surface area contributed by atoms with Crippen molar-refractivity contribution in [2.24, 2.45) is 0 Å². The Labute approximate surface area is 195 Å². The number of nitrogens with one attached hydrogen (secondary N) is 1. The number of nitrogens with zero attached hydrogens (tertiary/aromatic N) is 2. The van der Waals surface area contributed by atoms with Crippen molar-refractivity contribution in [3.63, 3.8) is 0 Å². The third kappa shape index (κ3) is 5.29. The maximum Gasteiger partial charge on any atom is 0.434 e. The molecule has 0 aliphatic heterocycles. The highest BCUT2D eigenvalue weighted by molar-refractivity contribution is 5.95. The molecule has 4 rings (SSSR count). The maximum absolute atomic E-state index is 13.7. The number of rotatable bonds is 7. The summed E-state index contributed by atoms with van der Waals surface area (Å²) >= 11 is 0. The van der Waals surface area contributed by atoms with Gasteiger partial charge < -0.3 is 10.1 Å². The largest absolute Gasteiger partial charge is 0.457 e. The summed E-state index contributed by atoms with van der Waals surface area (Å²) in [5.74, 6) is 1.03. The average molecular weight is 461 g/mol. The molecule has 1 N–H and O–H groups in total. The summed E-state index contributed by atoms with van der Waals surface area (Å²) in [5.41, 5.74) is 0.835. The molecule has 4 nitrogen and oxygen atoms in total. The molecular formula is C27H22F3N3O. The van der Waals surface area contributed by atoms with Gasteiger partial charge in [0.2, 0.25) is 0 Å². The summed E-state index contributed by atoms with van der Waals surface area (Å²) in [4.78, 5) is 3.77. The second-order valence-electron chi connectivity index (χ2n) is 7.93. The van der Waals surface area contributed by atoms with Crippen LogP contribution in [0.4, 0.5) is 18.9 Å². The van der Waals surface area contributed by atoms with Gasteiger partial charge in [0.1, 0.15) is 23.1 Å². The first-order valence-corrected chi connectivity index (χ1v) is 10.8. The molecule has 3 aromatic carbocycles. The normalized spacial score (nSPS) is 11.3. The quantitative estimate of drug-likeness (QED) is 0.294. The van der Waals surface area contributed by atoms with Crippen molar-refractivity contribution < 1.29 is 17.9 Å². The zero-order valence-electron chi connectivity index (χ0n) is 18.5. The van der Waals surface area contributed by atoms with Crippen molar-refractivity contribution in [2.45, 2.75) is 25.9 Å². The molecule has 0 unspecified atom stereocenters. The smallest absolute Gasteiger partial charge is 0.434 e. The molecule has 0 saturated carbocycles. The molecule has 0 aliphatic rings. The number of pyridine rings is 1. The first-order chi connectivity index (χ1) is 16.3. The highest BCUT2D eigenvalue weighted by atomic mass is 19.4. The van der Waals surface area contributed by atoms with Gasteiger partial charge in [-0.3, -0.25) is 0 Å². The van der Waals surface area contributed by atoms with Gasteiger partial charge in [-0.25, -0.2) is 4.98 Å². The molecule has 0 saturated heterocycles. The summed E-state index contributed by atoms with van der Waals surface area (Å²) in [6.45, 7) is 2.40. The van der Waals surface area contributed by atoms with Crippen LogP contribution in [0.3, 0.4) is 0 Å². The predicted molar refractivity (Wildman–Crippen MR) is 126 cm³/mol. The predicted octanol–water partition coefficient (Wildman–Crippen LogP) is 7.27. The molecule has 172 valence electrons. The zero-order valence-corrected chi connectivity index (χ0v) is 18.5. The Morgan fingerprint density at radius 1 is 0.971 bits per heavy atom. The number of hydrogen-bond donors (Lipinski definition) is 1. The van der Waals surface area contributed by atoms with E-state index in [0.29, 0.717) is 29.9 Å². The summed E-state index contributed by atoms with van der Waals surface area (Å²) in [6, 6.07) is 23.5. The Bertz CT molecular complexity index is 1330. The number of halogens is 3. The van der Waals surface area contributed by atoms with E-state index < -0.39 is 17.4 Å². The number of ether oxygens (including phenoxy) is 1. The number of hydrogen-bond acceptors (Lipinski definition) is 4. The highest BCUT2D eigenvalue weighted by Gasteiger charge is 2.37. The number of anilines is 1. The molecule has 34 heavy (non-hydrogen) atoms. The Hall–Kier alpha value is -4.05. The Morgan fingerprint density at radius 3 is 2.38 bits per heavy atom. The highest BCUT2D eigenvalue weighted by Crippen LogP contribution is 2.38. The first kappa shape index (κ1) is 23.1. The monoisotopic (exact) mass is 461 g/mol. The number of alkyl halides is 3. The van der Waals surface area contributed by atoms with E-state index in [4.69, 9.17) is 4.74 Å². The topological polar surface area (TPSA) is 57.9 Å². The fourth-order valence-electron chi connectivity index (χ4n) is 3.69. The van der Waals surface area contributed by atoms with Crippen LogP contribution in [-0.4, -0.2) is 11.5 Å². The van der Waals surface area contributed by atoms with Gasteiger partial charge in [0.15, 0.2) is 5.69 Å². The van der Waals surface area contributed by atoms with Crippen LogP contribution >= 0.6 is 0 Å². The number of fused-ring (bicyclic) bond motifs is 1. The van der Waals surface area contributed by atoms with E-state index in [2.05, 4.69) is 10.3 Å². The van der Waals surface area contributed by atoms with E-state index in [1.807, 2.05) is 49.4 Å². The van der Waals surface area contributed by atoms with Crippen LogP contribution in [0.2, 0.25) is 0 Å². The van der Waals surface area contributed by atoms with Crippen LogP contribution in [0, 0.1) is 18.3 Å². The fraction of sp³-hybridized carbons (Fsp3) is 0.185. The van der Waals surface area contributed by atoms with Crippen molar-refractivity contribution in [2.75, 3.05) is 11.9 Å². The number of aryl methyl sites for hydroxylation is 2. The van der Waals surface area contributed by atoms with Crippen LogP contribution in [-0.2, 0) is 12.6 Å². The molecule has 0 spiro atoms. The van der Waals surface area contributed by atoms with Crippen LogP contribution in [0.1, 0.15) is 28.8 Å². The molecule has 0 bridgehead atoms. The third-order valence-electron chi connectivity index (χ3n) is 5.38. The van der Waals surface area contributed by atoms with Gasteiger partial charge in [-0.2, -0.15) is 18.4 Å². The maximum atomic E-state index is 13.7. The Morgan fingerprint density at radius 2 is 1.71 bits per heavy atom. The Kier molecular flexibility index (Phi) is 6.69. The van der Waals surface area contributed by atoms with Crippen molar-refractivity contribution in [3.05, 3.63) is 95.2 Å². The standard InChI is InChI=1S/C27H22F3N3O/c1-18-9-11-19(12-10-18)6-5-15-32-25-22-16-21(34-20-7-3-2-4-8-20)13-14-24(22)33-26(23(25)17-31)27(28,29)30/h2-4,7-14,16H,5-6,15H2,1H3,(H,32,33). The number of aromatic nitrogens is 1. The van der Waals surface area contributed by atoms with Crippen molar-refractivity contribution >= 4 is 16.6 Å². The van der Waals surface area contributed by atoms with E-state index in [1.54, 1.807) is 30.3 Å². The van der Waals surface area contributed by atoms with E-state index in [0.717, 1.165) is 17.5 Å². The van der Waals surface area contributed by atoms with Crippen LogP contribution in [0.25, 0.3) is 10.9 Å². The molecule has 0 amide bonds. The van der Waals surface area contributed by atoms with Crippen LogP contribution in [0.15, 0.2) is 72.8 Å². The summed E-state index contributed by atoms with van der Waals surface area (Å²) in [7, 11) is 0. The number of benzene rings is 3. The van der Waals surface area contributed by atoms with Crippen molar-refractivity contribution in [1.29, 1.82) is 5.26 Å². The minimum Gasteiger partial charge on any atom is -0.457 e. The molecule has 0 aliphatic carbocycles. The van der Waals surface area contributed by atoms with Gasteiger partial charge in [-0.05, 0) is 55.7 Å². The number of para-hydroxylation sites is 1. The lowest BCUT2D eigenvalue weighted by atomic mass is 10.0. The van der Waals surface area contributed by atoms with Gasteiger partial charge in [0.05, 0.1) is 11.2 Å². The van der Waals surface area contributed by atoms with Gasteiger partial charge >= 0.3 is 6.18 Å². The molecule has 0 atom stereocenters. The van der Waals surface area contributed by atoms with Gasteiger partial charge in [-0.1, -0.05) is 48.0 Å². The molecule has 1 heterocycles. The van der Waals surface area contributed by atoms with Crippen molar-refractivity contribution in [1.82, 2.24) is 4.98 Å². The molecule has 0 radical (unpaired) electrons. The van der Waals surface area contributed by atoms with Crippen LogP contribution < -0.4 is 10.1 Å². The fourth-order valence-corrected chi connectivity index (χ4v) is 3.69. The minimum absolute atomic E-state index is 0.113. The second-order valence-corrected chi connectivity index (χ2v) is 7.93. The SMILES string of the molecule is Cc1ccc(CCCNc2c(C#N)c(C(F)(F)F)nc3ccc(Oc4ccccc4)cc23)cc1. The lowest BCUT2D eigenvalue weighted by Gasteiger charge is -2.17. The first-order valence-electron chi connectivity index (χ1n) is 10.8. The minimum atomic E-state index is -4.75. The van der Waals surface area contributed by atoms with Gasteiger partial charge in [-0.15, -0.1) is 0 Å². The summed E-state index contributed by atoms with van der Waals surface area (Å²) in [6.07, 6.45) is -3.32. The zero-order chi connectivity index (χ0) is 24.1. The molecular weight excluding hydrogens is 439 g/mol. The average Bonchev–Trinajstić information content (AvgIpc) is 2.82. The lowest BCUT2D eigenvalue weighted by Crippen LogP contribution is -2.14. The van der Waals surface area contributed by atoms with Gasteiger partial charge in [0, 0.05) is 11.9 Å². The van der Waals surface area contributed by atoms with Crippen LogP contribution in [0.5, 0.6) is 11.5 Å². The molecule has 1 aromatic heterocycles. The molecule has 4 aromatic rings. The van der Waals surface area contributed by atoms with E-state index in [1.165, 1.54) is 6.07 Å². The molecule has 7 heteroatoms. The van der Waals surface area contributed by atoms with E-state index in [9.17, 15) is 18.4 Å². The summed E-state index contributed by atoms with van der Waals surface area (Å²) < 4.78 is 46.9. The van der Waals surface area contributed by atoms with Crippen molar-refractivity contribution in [3.8, 4) is 17.6 Å². The molecule has 0 fully saturated rings. The Balaban J connectivity index is 1.67. The third-order valence-corrected chi connectivity index (χ3v) is 5.38. The van der Waals surface area contributed by atoms with E-state index >= 15 is 0 Å². The number of nitriles is 1. The van der Waals surface area contributed by atoms with E-state index in [-0.39, 0.29) is 11.2 Å². The summed E-state index contributed by atoms with van der Waals surface area (Å²) in [5, 5.41) is 13.1. The second kappa shape index (κ2) is 9.84. The lowest BCUT2D eigenvalue weighted by molar-refractivity contribution is -0.141.